The van der Waals surface area contributed by atoms with Gasteiger partial charge in [0.2, 0.25) is 0 Å². The number of carbonyl (C=O) groups excluding carboxylic acids is 1. The molecule has 3 nitrogen and oxygen atoms in total. The molecule has 0 saturated carbocycles. The van der Waals surface area contributed by atoms with E-state index < -0.39 is 17.5 Å². The summed E-state index contributed by atoms with van der Waals surface area (Å²) < 4.78 is 32.0. The molecule has 0 saturated heterocycles. The third-order valence-electron chi connectivity index (χ3n) is 2.36. The van der Waals surface area contributed by atoms with Gasteiger partial charge in [-0.25, -0.2) is 8.78 Å². The summed E-state index contributed by atoms with van der Waals surface area (Å²) in [5.41, 5.74) is 0.630. The number of benzene rings is 2. The highest BCUT2D eigenvalue weighted by molar-refractivity contribution is 14.1. The van der Waals surface area contributed by atoms with Crippen LogP contribution in [0.3, 0.4) is 0 Å². The van der Waals surface area contributed by atoms with E-state index in [0.29, 0.717) is 11.8 Å². The van der Waals surface area contributed by atoms with Crippen molar-refractivity contribution in [1.29, 1.82) is 0 Å². The minimum absolute atomic E-state index is 0.163. The first-order valence-corrected chi connectivity index (χ1v) is 6.76. The molecule has 0 heterocycles. The molecule has 6 heteroatoms. The lowest BCUT2D eigenvalue weighted by molar-refractivity contribution is -0.118. The first-order chi connectivity index (χ1) is 9.54. The molecule has 0 spiro atoms. The number of halogens is 3. The van der Waals surface area contributed by atoms with Gasteiger partial charge < -0.3 is 10.1 Å². The maximum Gasteiger partial charge on any atom is 0.262 e. The molecular weight excluding hydrogens is 379 g/mol. The van der Waals surface area contributed by atoms with Crippen molar-refractivity contribution in [3.05, 3.63) is 57.7 Å². The van der Waals surface area contributed by atoms with Crippen molar-refractivity contribution in [3.8, 4) is 5.75 Å². The average Bonchev–Trinajstić information content (AvgIpc) is 2.37. The molecule has 0 aromatic heterocycles. The van der Waals surface area contributed by atoms with E-state index in [1.807, 2.05) is 6.07 Å². The van der Waals surface area contributed by atoms with Gasteiger partial charge in [0, 0.05) is 15.3 Å². The summed E-state index contributed by atoms with van der Waals surface area (Å²) in [7, 11) is 0. The number of rotatable bonds is 4. The van der Waals surface area contributed by atoms with Crippen LogP contribution >= 0.6 is 22.6 Å². The lowest BCUT2D eigenvalue weighted by atomic mass is 10.3. The fourth-order valence-corrected chi connectivity index (χ4v) is 2.04. The maximum absolute atomic E-state index is 13.3. The van der Waals surface area contributed by atoms with E-state index in [9.17, 15) is 13.6 Å². The number of carbonyl (C=O) groups is 1. The molecule has 2 rings (SSSR count). The van der Waals surface area contributed by atoms with Gasteiger partial charge in [-0.1, -0.05) is 6.07 Å². The predicted molar refractivity (Wildman–Crippen MR) is 79.6 cm³/mol. The lowest BCUT2D eigenvalue weighted by Gasteiger charge is -2.08. The normalized spacial score (nSPS) is 10.2. The number of nitrogens with one attached hydrogen (secondary N) is 1. The standard InChI is InChI=1S/C14H10F2INO2/c15-9-4-5-13(12(16)6-9)20-8-14(19)18-11-3-1-2-10(17)7-11/h1-7H,8H2,(H,18,19). The van der Waals surface area contributed by atoms with E-state index in [1.165, 1.54) is 0 Å². The van der Waals surface area contributed by atoms with Gasteiger partial charge in [-0.15, -0.1) is 0 Å². The molecule has 0 aliphatic carbocycles. The Morgan fingerprint density at radius 1 is 1.20 bits per heavy atom. The van der Waals surface area contributed by atoms with Gasteiger partial charge in [-0.3, -0.25) is 4.79 Å². The van der Waals surface area contributed by atoms with Crippen LogP contribution < -0.4 is 10.1 Å². The van der Waals surface area contributed by atoms with Crippen LogP contribution in [0.15, 0.2) is 42.5 Å². The van der Waals surface area contributed by atoms with Gasteiger partial charge in [0.1, 0.15) is 5.82 Å². The van der Waals surface area contributed by atoms with Crippen LogP contribution in [0.25, 0.3) is 0 Å². The van der Waals surface area contributed by atoms with Gasteiger partial charge in [0.25, 0.3) is 5.91 Å². The molecule has 20 heavy (non-hydrogen) atoms. The number of ether oxygens (including phenoxy) is 1. The van der Waals surface area contributed by atoms with Crippen LogP contribution in [0.4, 0.5) is 14.5 Å². The van der Waals surface area contributed by atoms with E-state index in [-0.39, 0.29) is 12.4 Å². The van der Waals surface area contributed by atoms with Gasteiger partial charge in [-0.05, 0) is 52.9 Å². The van der Waals surface area contributed by atoms with Crippen LogP contribution in [-0.2, 0) is 4.79 Å². The summed E-state index contributed by atoms with van der Waals surface area (Å²) in [6.45, 7) is -0.353. The quantitative estimate of drug-likeness (QED) is 0.812. The van der Waals surface area contributed by atoms with Crippen molar-refractivity contribution < 1.29 is 18.3 Å². The van der Waals surface area contributed by atoms with Crippen molar-refractivity contribution in [2.75, 3.05) is 11.9 Å². The molecule has 1 amide bonds. The molecule has 0 bridgehead atoms. The topological polar surface area (TPSA) is 38.3 Å². The minimum atomic E-state index is -0.841. The summed E-state index contributed by atoms with van der Waals surface area (Å²) in [5.74, 6) is -2.12. The summed E-state index contributed by atoms with van der Waals surface area (Å²) >= 11 is 2.12. The molecule has 0 unspecified atom stereocenters. The summed E-state index contributed by atoms with van der Waals surface area (Å²) in [6.07, 6.45) is 0. The molecule has 0 aliphatic rings. The van der Waals surface area contributed by atoms with Gasteiger partial charge in [0.15, 0.2) is 18.2 Å². The zero-order valence-corrected chi connectivity index (χ0v) is 12.4. The number of hydrogen-bond acceptors (Lipinski definition) is 2. The highest BCUT2D eigenvalue weighted by Crippen LogP contribution is 2.17. The van der Waals surface area contributed by atoms with Crippen molar-refractivity contribution in [2.45, 2.75) is 0 Å². The summed E-state index contributed by atoms with van der Waals surface area (Å²) in [5, 5.41) is 2.62. The van der Waals surface area contributed by atoms with Gasteiger partial charge >= 0.3 is 0 Å². The largest absolute Gasteiger partial charge is 0.481 e. The lowest BCUT2D eigenvalue weighted by Crippen LogP contribution is -2.20. The minimum Gasteiger partial charge on any atom is -0.481 e. The summed E-state index contributed by atoms with van der Waals surface area (Å²) in [6, 6.07) is 10.1. The molecule has 0 atom stereocenters. The SMILES string of the molecule is O=C(COc1ccc(F)cc1F)Nc1cccc(I)c1. The third-order valence-corrected chi connectivity index (χ3v) is 3.03. The maximum atomic E-state index is 13.3. The Morgan fingerprint density at radius 2 is 2.00 bits per heavy atom. The number of amides is 1. The Bertz CT molecular complexity index is 634. The first kappa shape index (κ1) is 14.7. The smallest absolute Gasteiger partial charge is 0.262 e. The Hall–Kier alpha value is -1.70. The van der Waals surface area contributed by atoms with Crippen LogP contribution in [0.1, 0.15) is 0 Å². The van der Waals surface area contributed by atoms with Crippen LogP contribution in [0.2, 0.25) is 0 Å². The van der Waals surface area contributed by atoms with Crippen molar-refractivity contribution in [1.82, 2.24) is 0 Å². The number of anilines is 1. The Labute approximate surface area is 128 Å². The molecular formula is C14H10F2INO2. The fourth-order valence-electron chi connectivity index (χ4n) is 1.50. The van der Waals surface area contributed by atoms with Crippen molar-refractivity contribution in [3.63, 3.8) is 0 Å². The van der Waals surface area contributed by atoms with Gasteiger partial charge in [0.05, 0.1) is 0 Å². The second-order valence-corrected chi connectivity index (χ2v) is 5.17. The zero-order valence-electron chi connectivity index (χ0n) is 10.2. The molecule has 2 aromatic rings. The van der Waals surface area contributed by atoms with Crippen LogP contribution in [0, 0.1) is 15.2 Å². The van der Waals surface area contributed by atoms with Crippen LogP contribution in [-0.4, -0.2) is 12.5 Å². The van der Waals surface area contributed by atoms with E-state index in [2.05, 4.69) is 27.9 Å². The Kier molecular flexibility index (Phi) is 4.89. The zero-order chi connectivity index (χ0) is 14.5. The predicted octanol–water partition coefficient (Wildman–Crippen LogP) is 3.59. The Balaban J connectivity index is 1.92. The summed E-state index contributed by atoms with van der Waals surface area (Å²) in [4.78, 5) is 11.6. The highest BCUT2D eigenvalue weighted by Gasteiger charge is 2.08. The van der Waals surface area contributed by atoms with Crippen molar-refractivity contribution in [2.24, 2.45) is 0 Å². The van der Waals surface area contributed by atoms with Crippen molar-refractivity contribution >= 4 is 34.2 Å². The first-order valence-electron chi connectivity index (χ1n) is 5.68. The molecule has 0 radical (unpaired) electrons. The third kappa shape index (κ3) is 4.16. The fraction of sp³-hybridized carbons (Fsp3) is 0.0714. The second-order valence-electron chi connectivity index (χ2n) is 3.92. The van der Waals surface area contributed by atoms with E-state index in [1.54, 1.807) is 18.2 Å². The second kappa shape index (κ2) is 6.65. The Morgan fingerprint density at radius 3 is 2.70 bits per heavy atom. The van der Waals surface area contributed by atoms with E-state index in [0.717, 1.165) is 15.7 Å². The highest BCUT2D eigenvalue weighted by atomic mass is 127. The molecule has 0 aliphatic heterocycles. The van der Waals surface area contributed by atoms with Crippen LogP contribution in [0.5, 0.6) is 5.75 Å². The molecule has 1 N–H and O–H groups in total. The average molecular weight is 389 g/mol. The monoisotopic (exact) mass is 389 g/mol. The molecule has 2 aromatic carbocycles. The molecule has 0 fully saturated rings. The van der Waals surface area contributed by atoms with Gasteiger partial charge in [-0.2, -0.15) is 0 Å². The van der Waals surface area contributed by atoms with E-state index >= 15 is 0 Å². The number of hydrogen-bond donors (Lipinski definition) is 1. The molecule has 104 valence electrons. The van der Waals surface area contributed by atoms with E-state index in [4.69, 9.17) is 4.74 Å².